The molecule has 1 saturated heterocycles. The summed E-state index contributed by atoms with van der Waals surface area (Å²) >= 11 is 0. The van der Waals surface area contributed by atoms with Crippen molar-refractivity contribution < 1.29 is 0 Å². The number of hydrogen-bond acceptors (Lipinski definition) is 3. The summed E-state index contributed by atoms with van der Waals surface area (Å²) < 4.78 is 0. The standard InChI is InChI=1S/C31H29N3/c1-3-10-24(11-4-1)28-27-20-34(19-23-9-7-15-32-17-23)29(25-12-5-2-6-13-25)31(27)21-30(28,22-31)26-14-8-16-33-18-26/h1-18,27-29H,19-22H2/t27-,28?,29-,30?,31?/m1/s1. The van der Waals surface area contributed by atoms with E-state index < -0.39 is 0 Å². The first kappa shape index (κ1) is 20.1. The van der Waals surface area contributed by atoms with Crippen LogP contribution in [0.25, 0.3) is 0 Å². The van der Waals surface area contributed by atoms with Gasteiger partial charge in [0.25, 0.3) is 0 Å². The summed E-state index contributed by atoms with van der Waals surface area (Å²) in [5, 5.41) is 0. The van der Waals surface area contributed by atoms with Gasteiger partial charge in [-0.3, -0.25) is 14.9 Å². The van der Waals surface area contributed by atoms with Gasteiger partial charge in [-0.15, -0.1) is 0 Å². The van der Waals surface area contributed by atoms with Crippen LogP contribution in [-0.2, 0) is 12.0 Å². The number of likely N-dealkylation sites (tertiary alicyclic amines) is 1. The Morgan fingerprint density at radius 1 is 0.735 bits per heavy atom. The molecule has 0 N–H and O–H groups in total. The van der Waals surface area contributed by atoms with Crippen molar-refractivity contribution in [2.45, 2.75) is 36.8 Å². The Hall–Kier alpha value is -3.30. The molecular weight excluding hydrogens is 414 g/mol. The van der Waals surface area contributed by atoms with Crippen molar-refractivity contribution in [1.29, 1.82) is 0 Å². The summed E-state index contributed by atoms with van der Waals surface area (Å²) in [6, 6.07) is 31.7. The highest BCUT2D eigenvalue weighted by molar-refractivity contribution is 5.47. The van der Waals surface area contributed by atoms with Gasteiger partial charge in [-0.2, -0.15) is 0 Å². The molecule has 0 radical (unpaired) electrons. The lowest BCUT2D eigenvalue weighted by atomic mass is 9.53. The Labute approximate surface area is 201 Å². The third-order valence-corrected chi connectivity index (χ3v) is 8.99. The number of hydrogen-bond donors (Lipinski definition) is 0. The molecule has 4 fully saturated rings. The predicted molar refractivity (Wildman–Crippen MR) is 134 cm³/mol. The fourth-order valence-electron chi connectivity index (χ4n) is 8.04. The maximum atomic E-state index is 4.55. The number of aromatic nitrogens is 2. The van der Waals surface area contributed by atoms with E-state index >= 15 is 0 Å². The summed E-state index contributed by atoms with van der Waals surface area (Å²) in [5.41, 5.74) is 6.16. The van der Waals surface area contributed by atoms with Crippen molar-refractivity contribution in [3.63, 3.8) is 0 Å². The zero-order valence-corrected chi connectivity index (χ0v) is 19.3. The van der Waals surface area contributed by atoms with E-state index in [1.807, 2.05) is 18.6 Å². The summed E-state index contributed by atoms with van der Waals surface area (Å²) in [7, 11) is 0. The first-order chi connectivity index (χ1) is 16.8. The molecule has 4 aliphatic rings. The van der Waals surface area contributed by atoms with Gasteiger partial charge in [0.1, 0.15) is 0 Å². The van der Waals surface area contributed by atoms with E-state index in [-0.39, 0.29) is 5.41 Å². The van der Waals surface area contributed by atoms with Gasteiger partial charge in [0.15, 0.2) is 0 Å². The molecule has 3 atom stereocenters. The van der Waals surface area contributed by atoms with Crippen LogP contribution in [0.2, 0.25) is 0 Å². The van der Waals surface area contributed by atoms with Crippen molar-refractivity contribution in [2.24, 2.45) is 11.3 Å². The van der Waals surface area contributed by atoms with Crippen LogP contribution in [0.1, 0.15) is 47.1 Å². The van der Waals surface area contributed by atoms with Crippen LogP contribution in [-0.4, -0.2) is 21.4 Å². The molecule has 2 bridgehead atoms. The maximum absolute atomic E-state index is 4.55. The second kappa shape index (κ2) is 7.61. The number of rotatable bonds is 5. The lowest BCUT2D eigenvalue weighted by Gasteiger charge is -2.53. The average Bonchev–Trinajstić information content (AvgIpc) is 3.44. The zero-order valence-electron chi connectivity index (χ0n) is 19.3. The van der Waals surface area contributed by atoms with E-state index in [1.165, 1.54) is 35.1 Å². The maximum Gasteiger partial charge on any atom is 0.0412 e. The van der Waals surface area contributed by atoms with Gasteiger partial charge in [-0.05, 0) is 64.5 Å². The van der Waals surface area contributed by atoms with E-state index in [0.717, 1.165) is 13.1 Å². The molecule has 3 heterocycles. The first-order valence-corrected chi connectivity index (χ1v) is 12.4. The van der Waals surface area contributed by atoms with Crippen molar-refractivity contribution in [3.05, 3.63) is 132 Å². The topological polar surface area (TPSA) is 29.0 Å². The molecule has 3 saturated carbocycles. The monoisotopic (exact) mass is 443 g/mol. The van der Waals surface area contributed by atoms with Gasteiger partial charge in [0.2, 0.25) is 0 Å². The summed E-state index contributed by atoms with van der Waals surface area (Å²) in [6.07, 6.45) is 10.4. The summed E-state index contributed by atoms with van der Waals surface area (Å²) in [4.78, 5) is 11.7. The lowest BCUT2D eigenvalue weighted by molar-refractivity contribution is 0.0295. The van der Waals surface area contributed by atoms with E-state index in [4.69, 9.17) is 0 Å². The molecule has 3 nitrogen and oxygen atoms in total. The molecular formula is C31H29N3. The molecule has 2 aromatic carbocycles. The van der Waals surface area contributed by atoms with E-state index in [0.29, 0.717) is 23.3 Å². The van der Waals surface area contributed by atoms with Crippen LogP contribution < -0.4 is 0 Å². The summed E-state index contributed by atoms with van der Waals surface area (Å²) in [5.74, 6) is 1.14. The smallest absolute Gasteiger partial charge is 0.0412 e. The molecule has 1 unspecified atom stereocenters. The van der Waals surface area contributed by atoms with Crippen molar-refractivity contribution >= 4 is 0 Å². The van der Waals surface area contributed by atoms with Crippen LogP contribution in [0, 0.1) is 11.3 Å². The van der Waals surface area contributed by atoms with Crippen LogP contribution in [0.5, 0.6) is 0 Å². The van der Waals surface area contributed by atoms with E-state index in [2.05, 4.69) is 106 Å². The highest BCUT2D eigenvalue weighted by Crippen LogP contribution is 2.81. The number of benzene rings is 2. The average molecular weight is 444 g/mol. The molecule has 168 valence electrons. The predicted octanol–water partition coefficient (Wildman–Crippen LogP) is 6.17. The van der Waals surface area contributed by atoms with Gasteiger partial charge in [-0.1, -0.05) is 72.8 Å². The second-order valence-corrected chi connectivity index (χ2v) is 10.6. The Bertz CT molecular complexity index is 1270. The Kier molecular flexibility index (Phi) is 4.50. The number of nitrogens with zero attached hydrogens (tertiary/aromatic N) is 3. The van der Waals surface area contributed by atoms with E-state index in [9.17, 15) is 0 Å². The highest BCUT2D eigenvalue weighted by atomic mass is 15.2. The molecule has 1 spiro atoms. The minimum absolute atomic E-state index is 0.188. The molecule has 4 aromatic rings. The first-order valence-electron chi connectivity index (χ1n) is 12.4. The molecule has 8 rings (SSSR count). The van der Waals surface area contributed by atoms with Gasteiger partial charge in [0.05, 0.1) is 0 Å². The Morgan fingerprint density at radius 3 is 2.06 bits per heavy atom. The minimum Gasteiger partial charge on any atom is -0.291 e. The summed E-state index contributed by atoms with van der Waals surface area (Å²) in [6.45, 7) is 2.07. The molecule has 34 heavy (non-hydrogen) atoms. The highest BCUT2D eigenvalue weighted by Gasteiger charge is 2.77. The lowest BCUT2D eigenvalue weighted by Crippen LogP contribution is -2.47. The van der Waals surface area contributed by atoms with Crippen LogP contribution in [0.3, 0.4) is 0 Å². The van der Waals surface area contributed by atoms with Crippen LogP contribution >= 0.6 is 0 Å². The van der Waals surface area contributed by atoms with Gasteiger partial charge in [0, 0.05) is 49.3 Å². The van der Waals surface area contributed by atoms with Crippen LogP contribution in [0.4, 0.5) is 0 Å². The largest absolute Gasteiger partial charge is 0.291 e. The molecule has 2 aromatic heterocycles. The molecule has 3 heteroatoms. The van der Waals surface area contributed by atoms with Crippen molar-refractivity contribution in [3.8, 4) is 0 Å². The normalized spacial score (nSPS) is 31.7. The fourth-order valence-corrected chi connectivity index (χ4v) is 8.04. The van der Waals surface area contributed by atoms with Crippen LogP contribution in [0.15, 0.2) is 110 Å². The Balaban J connectivity index is 1.36. The fraction of sp³-hybridized carbons (Fsp3) is 0.290. The minimum atomic E-state index is 0.188. The van der Waals surface area contributed by atoms with Crippen molar-refractivity contribution in [2.75, 3.05) is 6.54 Å². The third-order valence-electron chi connectivity index (χ3n) is 8.99. The zero-order chi connectivity index (χ0) is 22.6. The second-order valence-electron chi connectivity index (χ2n) is 10.6. The SMILES string of the molecule is c1ccc(C2[C@H]3CN(Cc4cccnc4)[C@H](c4ccccc4)C34CC2(c2cccnc2)C4)cc1. The van der Waals surface area contributed by atoms with E-state index in [1.54, 1.807) is 0 Å². The van der Waals surface area contributed by atoms with Gasteiger partial charge in [-0.25, -0.2) is 0 Å². The number of pyridine rings is 2. The third kappa shape index (κ3) is 2.80. The molecule has 1 aliphatic heterocycles. The van der Waals surface area contributed by atoms with Gasteiger partial charge >= 0.3 is 0 Å². The van der Waals surface area contributed by atoms with Gasteiger partial charge < -0.3 is 0 Å². The quantitative estimate of drug-likeness (QED) is 0.370. The molecule has 0 amide bonds. The Morgan fingerprint density at radius 2 is 1.41 bits per heavy atom. The molecule has 3 aliphatic carbocycles. The van der Waals surface area contributed by atoms with Crippen molar-refractivity contribution in [1.82, 2.24) is 14.9 Å².